The molecule has 144 valence electrons. The number of hydrogen-bond acceptors (Lipinski definition) is 1. The van der Waals surface area contributed by atoms with E-state index in [1.54, 1.807) is 0 Å². The van der Waals surface area contributed by atoms with E-state index >= 15 is 0 Å². The molecular formula is C28H21PS. The number of hydrogen-bond donors (Lipinski definition) is 0. The van der Waals surface area contributed by atoms with E-state index in [9.17, 15) is 0 Å². The van der Waals surface area contributed by atoms with Gasteiger partial charge in [-0.25, -0.2) is 0 Å². The van der Waals surface area contributed by atoms with Crippen molar-refractivity contribution >= 4 is 23.4 Å². The van der Waals surface area contributed by atoms with Crippen molar-refractivity contribution in [2.45, 2.75) is 10.8 Å². The predicted molar refractivity (Wildman–Crippen MR) is 131 cm³/mol. The molecule has 0 saturated carbocycles. The first-order chi connectivity index (χ1) is 14.9. The first-order valence-electron chi connectivity index (χ1n) is 10.3. The molecule has 0 N–H and O–H groups in total. The Hall–Kier alpha value is -2.60. The van der Waals surface area contributed by atoms with Gasteiger partial charge in [0.25, 0.3) is 0 Å². The van der Waals surface area contributed by atoms with Gasteiger partial charge in [0.05, 0.1) is 5.16 Å². The highest BCUT2D eigenvalue weighted by Gasteiger charge is 2.56. The number of rotatable bonds is 3. The number of fused-ring (bicyclic) bond motifs is 3. The summed E-state index contributed by atoms with van der Waals surface area (Å²) in [5, 5.41) is -0.0520. The lowest BCUT2D eigenvalue weighted by Gasteiger charge is -2.31. The van der Waals surface area contributed by atoms with E-state index in [0.29, 0.717) is 5.66 Å². The molecule has 0 fully saturated rings. The molecule has 0 amide bonds. The Morgan fingerprint density at radius 1 is 0.633 bits per heavy atom. The van der Waals surface area contributed by atoms with E-state index in [4.69, 9.17) is 0 Å². The summed E-state index contributed by atoms with van der Waals surface area (Å²) in [6.07, 6.45) is 2.58. The molecule has 2 heteroatoms. The Bertz CT molecular complexity index is 1220. The fraction of sp³-hybridized carbons (Fsp3) is 0.0714. The quantitative estimate of drug-likeness (QED) is 0.301. The van der Waals surface area contributed by atoms with Crippen molar-refractivity contribution in [1.29, 1.82) is 0 Å². The van der Waals surface area contributed by atoms with Crippen LogP contribution >= 0.6 is 18.5 Å². The molecule has 0 spiro atoms. The van der Waals surface area contributed by atoms with Crippen LogP contribution in [0.5, 0.6) is 0 Å². The lowest BCUT2D eigenvalue weighted by Crippen LogP contribution is -2.17. The molecule has 0 nitrogen and oxygen atoms in total. The normalized spacial score (nSPS) is 24.2. The van der Waals surface area contributed by atoms with Crippen LogP contribution in [0.1, 0.15) is 33.5 Å². The predicted octanol–water partition coefficient (Wildman–Crippen LogP) is 8.22. The highest BCUT2D eigenvalue weighted by Crippen LogP contribution is 2.87. The highest BCUT2D eigenvalue weighted by molar-refractivity contribution is 8.61. The SMILES string of the molecule is C1=C(c2ccccc2)SP2[C@H](c3ccccc3)c3ccccc3[C@@]12c1ccccc1. The van der Waals surface area contributed by atoms with Gasteiger partial charge >= 0.3 is 0 Å². The Kier molecular flexibility index (Phi) is 4.41. The molecule has 2 heterocycles. The van der Waals surface area contributed by atoms with Crippen LogP contribution in [0.25, 0.3) is 4.91 Å². The molecule has 0 aliphatic carbocycles. The van der Waals surface area contributed by atoms with Crippen molar-refractivity contribution in [1.82, 2.24) is 0 Å². The van der Waals surface area contributed by atoms with E-state index < -0.39 is 7.12 Å². The minimum absolute atomic E-state index is 0.0520. The molecule has 6 rings (SSSR count). The second-order valence-corrected chi connectivity index (χ2v) is 12.0. The molecule has 4 aromatic carbocycles. The maximum absolute atomic E-state index is 2.58. The van der Waals surface area contributed by atoms with Gasteiger partial charge in [-0.15, -0.1) is 0 Å². The van der Waals surface area contributed by atoms with Crippen LogP contribution < -0.4 is 0 Å². The second kappa shape index (κ2) is 7.27. The largest absolute Gasteiger partial charge is 0.0957 e. The van der Waals surface area contributed by atoms with E-state index in [-0.39, 0.29) is 5.16 Å². The van der Waals surface area contributed by atoms with Crippen molar-refractivity contribution in [3.8, 4) is 0 Å². The van der Waals surface area contributed by atoms with E-state index in [0.717, 1.165) is 0 Å². The zero-order valence-corrected chi connectivity index (χ0v) is 18.2. The molecule has 1 unspecified atom stereocenters. The molecule has 4 aromatic rings. The summed E-state index contributed by atoms with van der Waals surface area (Å²) < 4.78 is 0. The molecule has 0 radical (unpaired) electrons. The maximum atomic E-state index is 2.58. The highest BCUT2D eigenvalue weighted by atomic mass is 32.7. The summed E-state index contributed by atoms with van der Waals surface area (Å²) in [5.41, 5.74) is 7.59. The smallest absolute Gasteiger partial charge is 0.0703 e. The van der Waals surface area contributed by atoms with E-state index in [1.165, 1.54) is 32.7 Å². The van der Waals surface area contributed by atoms with Crippen molar-refractivity contribution < 1.29 is 0 Å². The third-order valence-electron chi connectivity index (χ3n) is 6.17. The van der Waals surface area contributed by atoms with Crippen molar-refractivity contribution in [3.63, 3.8) is 0 Å². The summed E-state index contributed by atoms with van der Waals surface area (Å²) in [4.78, 5) is 1.42. The zero-order chi connectivity index (χ0) is 20.0. The first-order valence-corrected chi connectivity index (χ1v) is 13.2. The van der Waals surface area contributed by atoms with Crippen LogP contribution in [0.3, 0.4) is 0 Å². The van der Waals surface area contributed by atoms with Gasteiger partial charge in [-0.3, -0.25) is 0 Å². The lowest BCUT2D eigenvalue weighted by atomic mass is 9.85. The molecule has 0 bridgehead atoms. The van der Waals surface area contributed by atoms with Crippen LogP contribution in [0.2, 0.25) is 0 Å². The van der Waals surface area contributed by atoms with E-state index in [2.05, 4.69) is 133 Å². The van der Waals surface area contributed by atoms with Crippen LogP contribution in [-0.4, -0.2) is 0 Å². The summed E-state index contributed by atoms with van der Waals surface area (Å²) >= 11 is 2.11. The summed E-state index contributed by atoms with van der Waals surface area (Å²) in [7, 11) is -0.459. The molecule has 0 aromatic heterocycles. The maximum Gasteiger partial charge on any atom is 0.0703 e. The van der Waals surface area contributed by atoms with Crippen molar-refractivity contribution in [3.05, 3.63) is 149 Å². The second-order valence-electron chi connectivity index (χ2n) is 7.82. The third kappa shape index (κ3) is 2.66. The molecule has 2 aliphatic heterocycles. The van der Waals surface area contributed by atoms with Crippen LogP contribution in [0, 0.1) is 0 Å². The number of allylic oxidation sites excluding steroid dienone is 1. The lowest BCUT2D eigenvalue weighted by molar-refractivity contribution is 0.948. The first kappa shape index (κ1) is 18.2. The zero-order valence-electron chi connectivity index (χ0n) is 16.5. The van der Waals surface area contributed by atoms with Gasteiger partial charge < -0.3 is 0 Å². The van der Waals surface area contributed by atoms with Gasteiger partial charge in [0.1, 0.15) is 0 Å². The fourth-order valence-corrected chi connectivity index (χ4v) is 11.6. The Balaban J connectivity index is 1.63. The fourth-order valence-electron chi connectivity index (χ4n) is 4.87. The Morgan fingerprint density at radius 2 is 1.23 bits per heavy atom. The summed E-state index contributed by atoms with van der Waals surface area (Å²) in [6.45, 7) is 0. The summed E-state index contributed by atoms with van der Waals surface area (Å²) in [6, 6.07) is 42.3. The molecule has 3 atom stereocenters. The topological polar surface area (TPSA) is 0 Å². The van der Waals surface area contributed by atoms with E-state index in [1.807, 2.05) is 0 Å². The van der Waals surface area contributed by atoms with Crippen molar-refractivity contribution in [2.24, 2.45) is 0 Å². The minimum Gasteiger partial charge on any atom is -0.0957 e. The van der Waals surface area contributed by atoms with Crippen LogP contribution in [-0.2, 0) is 5.16 Å². The van der Waals surface area contributed by atoms with Gasteiger partial charge in [-0.1, -0.05) is 127 Å². The van der Waals surface area contributed by atoms with Gasteiger partial charge in [0.15, 0.2) is 0 Å². The van der Waals surface area contributed by atoms with Gasteiger partial charge in [-0.05, 0) is 41.0 Å². The Labute approximate surface area is 183 Å². The van der Waals surface area contributed by atoms with Gasteiger partial charge in [0.2, 0.25) is 0 Å². The van der Waals surface area contributed by atoms with Gasteiger partial charge in [-0.2, -0.15) is 0 Å². The Morgan fingerprint density at radius 3 is 1.97 bits per heavy atom. The monoisotopic (exact) mass is 420 g/mol. The van der Waals surface area contributed by atoms with Crippen LogP contribution in [0.4, 0.5) is 0 Å². The number of benzene rings is 4. The molecular weight excluding hydrogens is 399 g/mol. The standard InChI is InChI=1S/C28H21PS/c1-4-12-21(13-5-1)26-20-28(23-16-8-3-9-17-23)25-19-11-10-18-24(25)27(29(28)30-26)22-14-6-2-7-15-22/h1-20,27H/t27-,28+,29?/m1/s1. The minimum atomic E-state index is -0.459. The van der Waals surface area contributed by atoms with Crippen LogP contribution in [0.15, 0.2) is 121 Å². The molecule has 2 aliphatic rings. The average Bonchev–Trinajstić information content (AvgIpc) is 3.34. The third-order valence-corrected chi connectivity index (χ3v) is 12.0. The molecule has 30 heavy (non-hydrogen) atoms. The van der Waals surface area contributed by atoms with Crippen molar-refractivity contribution in [2.75, 3.05) is 0 Å². The summed E-state index contributed by atoms with van der Waals surface area (Å²) in [5.74, 6) is 0. The molecule has 0 saturated heterocycles. The average molecular weight is 421 g/mol. The van der Waals surface area contributed by atoms with Gasteiger partial charge in [0, 0.05) is 10.6 Å².